The number of rotatable bonds is 7. The highest BCUT2D eigenvalue weighted by atomic mass is 32.2. The molecule has 0 unspecified atom stereocenters. The summed E-state index contributed by atoms with van der Waals surface area (Å²) in [6.07, 6.45) is 2.87. The quantitative estimate of drug-likeness (QED) is 0.736. The Morgan fingerprint density at radius 1 is 1.40 bits per heavy atom. The predicted octanol–water partition coefficient (Wildman–Crippen LogP) is 1.41. The number of benzene rings is 1. The SMILES string of the molecule is C=CCNC(=O)[C@H]1CCCN(S(=O)(=O)c2cc(OC)ccc2OC)C1. The largest absolute Gasteiger partial charge is 0.497 e. The maximum Gasteiger partial charge on any atom is 0.246 e. The van der Waals surface area contributed by atoms with Crippen LogP contribution in [0, 0.1) is 5.92 Å². The van der Waals surface area contributed by atoms with Crippen molar-refractivity contribution in [2.45, 2.75) is 17.7 Å². The number of sulfonamides is 1. The highest BCUT2D eigenvalue weighted by molar-refractivity contribution is 7.89. The summed E-state index contributed by atoms with van der Waals surface area (Å²) in [7, 11) is -0.906. The lowest BCUT2D eigenvalue weighted by molar-refractivity contribution is -0.125. The van der Waals surface area contributed by atoms with E-state index in [0.29, 0.717) is 31.7 Å². The van der Waals surface area contributed by atoms with Crippen LogP contribution in [0.15, 0.2) is 35.7 Å². The molecule has 1 N–H and O–H groups in total. The van der Waals surface area contributed by atoms with Gasteiger partial charge in [-0.15, -0.1) is 6.58 Å². The number of hydrogen-bond acceptors (Lipinski definition) is 5. The number of amides is 1. The first kappa shape index (κ1) is 19.3. The van der Waals surface area contributed by atoms with Crippen LogP contribution in [0.3, 0.4) is 0 Å². The molecule has 1 amide bonds. The monoisotopic (exact) mass is 368 g/mol. The summed E-state index contributed by atoms with van der Waals surface area (Å²) in [5.41, 5.74) is 0. The number of hydrogen-bond donors (Lipinski definition) is 1. The summed E-state index contributed by atoms with van der Waals surface area (Å²) in [5, 5.41) is 2.73. The number of piperidine rings is 1. The lowest BCUT2D eigenvalue weighted by atomic mass is 9.99. The number of nitrogens with zero attached hydrogens (tertiary/aromatic N) is 1. The molecule has 0 spiro atoms. The molecule has 1 atom stereocenters. The van der Waals surface area contributed by atoms with Crippen LogP contribution in [-0.2, 0) is 14.8 Å². The van der Waals surface area contributed by atoms with Gasteiger partial charge in [-0.05, 0) is 25.0 Å². The molecule has 1 heterocycles. The first-order valence-corrected chi connectivity index (χ1v) is 9.48. The van der Waals surface area contributed by atoms with E-state index in [4.69, 9.17) is 9.47 Å². The van der Waals surface area contributed by atoms with Crippen molar-refractivity contribution in [1.29, 1.82) is 0 Å². The molecule has 1 aliphatic rings. The van der Waals surface area contributed by atoms with Crippen LogP contribution in [0.2, 0.25) is 0 Å². The van der Waals surface area contributed by atoms with Gasteiger partial charge in [-0.2, -0.15) is 4.31 Å². The number of carbonyl (C=O) groups is 1. The molecule has 1 aliphatic heterocycles. The number of ether oxygens (including phenoxy) is 2. The Morgan fingerprint density at radius 3 is 2.80 bits per heavy atom. The Morgan fingerprint density at radius 2 is 2.16 bits per heavy atom. The molecule has 138 valence electrons. The normalized spacial score (nSPS) is 18.4. The molecule has 1 fully saturated rings. The molecule has 2 rings (SSSR count). The van der Waals surface area contributed by atoms with Crippen molar-refractivity contribution in [3.8, 4) is 11.5 Å². The summed E-state index contributed by atoms with van der Waals surface area (Å²) in [6, 6.07) is 4.64. The molecular formula is C17H24N2O5S. The molecule has 7 nitrogen and oxygen atoms in total. The standard InChI is InChI=1S/C17H24N2O5S/c1-4-9-18-17(20)13-6-5-10-19(12-13)25(21,22)16-11-14(23-2)7-8-15(16)24-3/h4,7-8,11,13H,1,5-6,9-10,12H2,2-3H3,(H,18,20)/t13-/m0/s1. The summed E-state index contributed by atoms with van der Waals surface area (Å²) < 4.78 is 37.8. The zero-order valence-corrected chi connectivity index (χ0v) is 15.3. The van der Waals surface area contributed by atoms with Crippen LogP contribution in [0.25, 0.3) is 0 Å². The second-order valence-corrected chi connectivity index (χ2v) is 7.66. The molecule has 0 radical (unpaired) electrons. The van der Waals surface area contributed by atoms with E-state index >= 15 is 0 Å². The molecule has 0 saturated carbocycles. The van der Waals surface area contributed by atoms with Crippen molar-refractivity contribution < 1.29 is 22.7 Å². The van der Waals surface area contributed by atoms with Crippen LogP contribution in [0.1, 0.15) is 12.8 Å². The van der Waals surface area contributed by atoms with Gasteiger partial charge in [-0.1, -0.05) is 6.08 Å². The lowest BCUT2D eigenvalue weighted by Gasteiger charge is -2.31. The van der Waals surface area contributed by atoms with Gasteiger partial charge in [-0.3, -0.25) is 4.79 Å². The summed E-state index contributed by atoms with van der Waals surface area (Å²) in [6.45, 7) is 4.44. The van der Waals surface area contributed by atoms with Crippen LogP contribution >= 0.6 is 0 Å². The Kier molecular flexibility index (Phi) is 6.44. The molecule has 25 heavy (non-hydrogen) atoms. The number of nitrogens with one attached hydrogen (secondary N) is 1. The fraction of sp³-hybridized carbons (Fsp3) is 0.471. The minimum atomic E-state index is -3.80. The fourth-order valence-electron chi connectivity index (χ4n) is 2.82. The summed E-state index contributed by atoms with van der Waals surface area (Å²) in [4.78, 5) is 12.2. The average molecular weight is 368 g/mol. The van der Waals surface area contributed by atoms with E-state index in [9.17, 15) is 13.2 Å². The van der Waals surface area contributed by atoms with Crippen molar-refractivity contribution in [1.82, 2.24) is 9.62 Å². The highest BCUT2D eigenvalue weighted by Gasteiger charge is 2.34. The van der Waals surface area contributed by atoms with Crippen LogP contribution in [0.4, 0.5) is 0 Å². The topological polar surface area (TPSA) is 84.9 Å². The van der Waals surface area contributed by atoms with Gasteiger partial charge >= 0.3 is 0 Å². The van der Waals surface area contributed by atoms with E-state index in [2.05, 4.69) is 11.9 Å². The predicted molar refractivity (Wildman–Crippen MR) is 94.2 cm³/mol. The Bertz CT molecular complexity index is 733. The van der Waals surface area contributed by atoms with E-state index in [0.717, 1.165) is 0 Å². The zero-order chi connectivity index (χ0) is 18.4. The third kappa shape index (κ3) is 4.32. The van der Waals surface area contributed by atoms with Gasteiger partial charge < -0.3 is 14.8 Å². The van der Waals surface area contributed by atoms with Gasteiger partial charge in [0, 0.05) is 25.7 Å². The number of methoxy groups -OCH3 is 2. The molecule has 0 aliphatic carbocycles. The Hall–Kier alpha value is -2.06. The minimum absolute atomic E-state index is 0.0431. The molecule has 1 aromatic rings. The van der Waals surface area contributed by atoms with E-state index < -0.39 is 10.0 Å². The smallest absolute Gasteiger partial charge is 0.246 e. The fourth-order valence-corrected chi connectivity index (χ4v) is 4.51. The first-order valence-electron chi connectivity index (χ1n) is 8.04. The third-order valence-electron chi connectivity index (χ3n) is 4.16. The number of carbonyl (C=O) groups excluding carboxylic acids is 1. The minimum Gasteiger partial charge on any atom is -0.497 e. The van der Waals surface area contributed by atoms with Gasteiger partial charge in [0.15, 0.2) is 0 Å². The van der Waals surface area contributed by atoms with Crippen LogP contribution in [0.5, 0.6) is 11.5 Å². The summed E-state index contributed by atoms with van der Waals surface area (Å²) >= 11 is 0. The van der Waals surface area contributed by atoms with Crippen molar-refractivity contribution in [2.24, 2.45) is 5.92 Å². The van der Waals surface area contributed by atoms with Gasteiger partial charge in [-0.25, -0.2) is 8.42 Å². The summed E-state index contributed by atoms with van der Waals surface area (Å²) in [5.74, 6) is 0.146. The van der Waals surface area contributed by atoms with Crippen molar-refractivity contribution in [3.63, 3.8) is 0 Å². The maximum absolute atomic E-state index is 13.1. The van der Waals surface area contributed by atoms with Crippen LogP contribution in [-0.4, -0.2) is 52.5 Å². The van der Waals surface area contributed by atoms with E-state index in [1.54, 1.807) is 18.2 Å². The molecule has 1 saturated heterocycles. The van der Waals surface area contributed by atoms with Gasteiger partial charge in [0.1, 0.15) is 16.4 Å². The lowest BCUT2D eigenvalue weighted by Crippen LogP contribution is -2.45. The molecule has 0 aromatic heterocycles. The van der Waals surface area contributed by atoms with E-state index in [1.165, 1.54) is 24.6 Å². The molecular weight excluding hydrogens is 344 g/mol. The average Bonchev–Trinajstić information content (AvgIpc) is 2.65. The molecule has 8 heteroatoms. The van der Waals surface area contributed by atoms with Gasteiger partial charge in [0.2, 0.25) is 15.9 Å². The Balaban J connectivity index is 2.27. The van der Waals surface area contributed by atoms with E-state index in [-0.39, 0.29) is 29.0 Å². The van der Waals surface area contributed by atoms with Crippen molar-refractivity contribution in [2.75, 3.05) is 33.9 Å². The third-order valence-corrected chi connectivity index (χ3v) is 6.05. The van der Waals surface area contributed by atoms with Crippen LogP contribution < -0.4 is 14.8 Å². The second-order valence-electron chi connectivity index (χ2n) is 5.75. The zero-order valence-electron chi connectivity index (χ0n) is 14.5. The molecule has 0 bridgehead atoms. The first-order chi connectivity index (χ1) is 11.9. The highest BCUT2D eigenvalue weighted by Crippen LogP contribution is 2.32. The Labute approximate surface area is 148 Å². The second kappa shape index (κ2) is 8.35. The van der Waals surface area contributed by atoms with Crippen molar-refractivity contribution in [3.05, 3.63) is 30.9 Å². The van der Waals surface area contributed by atoms with Crippen molar-refractivity contribution >= 4 is 15.9 Å². The van der Waals surface area contributed by atoms with E-state index in [1.807, 2.05) is 0 Å². The molecule has 1 aromatic carbocycles. The van der Waals surface area contributed by atoms with Gasteiger partial charge in [0.05, 0.1) is 20.1 Å². The maximum atomic E-state index is 13.1. The van der Waals surface area contributed by atoms with Gasteiger partial charge in [0.25, 0.3) is 0 Å².